The van der Waals surface area contributed by atoms with Crippen LogP contribution in [0.2, 0.25) is 0 Å². The van der Waals surface area contributed by atoms with E-state index >= 15 is 0 Å². The predicted octanol–water partition coefficient (Wildman–Crippen LogP) is 1.82. The van der Waals surface area contributed by atoms with E-state index in [1.807, 2.05) is 42.6 Å². The molecule has 0 saturated heterocycles. The molecule has 2 aromatic heterocycles. The quantitative estimate of drug-likeness (QED) is 0.653. The molecule has 5 heteroatoms. The van der Waals surface area contributed by atoms with Crippen LogP contribution in [0.1, 0.15) is 16.2 Å². The summed E-state index contributed by atoms with van der Waals surface area (Å²) in [4.78, 5) is 15.0. The summed E-state index contributed by atoms with van der Waals surface area (Å²) in [7, 11) is 0. The second-order valence-corrected chi connectivity index (χ2v) is 4.00. The van der Waals surface area contributed by atoms with Gasteiger partial charge in [0.15, 0.2) is 5.69 Å². The van der Waals surface area contributed by atoms with Crippen LogP contribution in [-0.2, 0) is 6.54 Å². The largest absolute Gasteiger partial charge is 0.364 e. The molecule has 0 aliphatic carbocycles. The van der Waals surface area contributed by atoms with Crippen molar-refractivity contribution in [3.05, 3.63) is 54.0 Å². The Kier molecular flexibility index (Phi) is 2.57. The van der Waals surface area contributed by atoms with Crippen molar-refractivity contribution in [2.45, 2.75) is 6.54 Å². The minimum Gasteiger partial charge on any atom is -0.364 e. The topological polar surface area (TPSA) is 73.6 Å². The number of hydrogen-bond acceptors (Lipinski definition) is 2. The zero-order valence-corrected chi connectivity index (χ0v) is 9.60. The van der Waals surface area contributed by atoms with Crippen LogP contribution in [0.4, 0.5) is 0 Å². The van der Waals surface area contributed by atoms with Gasteiger partial charge < -0.3 is 10.3 Å². The van der Waals surface area contributed by atoms with Crippen molar-refractivity contribution >= 4 is 16.8 Å². The van der Waals surface area contributed by atoms with E-state index in [1.165, 1.54) is 0 Å². The summed E-state index contributed by atoms with van der Waals surface area (Å²) in [6, 6.07) is 11.4. The van der Waals surface area contributed by atoms with Crippen LogP contribution in [0.3, 0.4) is 0 Å². The number of benzene rings is 1. The molecule has 5 nitrogen and oxygen atoms in total. The molecule has 0 atom stereocenters. The number of fused-ring (bicyclic) bond motifs is 1. The maximum absolute atomic E-state index is 12.0. The molecule has 3 aromatic rings. The minimum atomic E-state index is -0.179. The minimum absolute atomic E-state index is 0.179. The monoisotopic (exact) mass is 240 g/mol. The highest BCUT2D eigenvalue weighted by molar-refractivity contribution is 6.04. The molecular weight excluding hydrogens is 228 g/mol. The number of hydrogen-bond donors (Lipinski definition) is 3. The van der Waals surface area contributed by atoms with Crippen molar-refractivity contribution in [2.24, 2.45) is 0 Å². The molecule has 0 saturated carbocycles. The number of nitrogens with one attached hydrogen (secondary N) is 3. The third-order valence-electron chi connectivity index (χ3n) is 2.79. The van der Waals surface area contributed by atoms with Gasteiger partial charge in [0, 0.05) is 17.3 Å². The standard InChI is InChI=1S/C13H12N4O/c18-13(15-8-9-4-3-7-14-9)12-10-5-1-2-6-11(10)16-17-12/h1-7,14H,8H2,(H,15,18)(H,16,17). The van der Waals surface area contributed by atoms with Gasteiger partial charge in [-0.1, -0.05) is 18.2 Å². The first-order valence-corrected chi connectivity index (χ1v) is 5.68. The Labute approximate surface area is 103 Å². The SMILES string of the molecule is O=C(NCc1ccc[nH]1)c1n[nH]c2ccccc12. The fourth-order valence-electron chi connectivity index (χ4n) is 1.87. The van der Waals surface area contributed by atoms with E-state index in [2.05, 4.69) is 20.5 Å². The van der Waals surface area contributed by atoms with Gasteiger partial charge in [-0.2, -0.15) is 5.10 Å². The van der Waals surface area contributed by atoms with Gasteiger partial charge in [-0.05, 0) is 18.2 Å². The van der Waals surface area contributed by atoms with Gasteiger partial charge in [0.2, 0.25) is 0 Å². The Balaban J connectivity index is 1.80. The fraction of sp³-hybridized carbons (Fsp3) is 0.0769. The van der Waals surface area contributed by atoms with Gasteiger partial charge in [0.05, 0.1) is 12.1 Å². The van der Waals surface area contributed by atoms with E-state index < -0.39 is 0 Å². The first-order chi connectivity index (χ1) is 8.84. The van der Waals surface area contributed by atoms with Crippen LogP contribution in [0.15, 0.2) is 42.6 Å². The number of aromatic nitrogens is 3. The molecule has 1 amide bonds. The summed E-state index contributed by atoms with van der Waals surface area (Å²) in [6.07, 6.45) is 1.82. The van der Waals surface area contributed by atoms with Crippen LogP contribution in [0.5, 0.6) is 0 Å². The number of H-pyrrole nitrogens is 2. The second-order valence-electron chi connectivity index (χ2n) is 4.00. The molecule has 3 rings (SSSR count). The average molecular weight is 240 g/mol. The van der Waals surface area contributed by atoms with Crippen molar-refractivity contribution in [3.63, 3.8) is 0 Å². The molecule has 3 N–H and O–H groups in total. The van der Waals surface area contributed by atoms with E-state index in [1.54, 1.807) is 0 Å². The van der Waals surface area contributed by atoms with Gasteiger partial charge in [-0.25, -0.2) is 0 Å². The second kappa shape index (κ2) is 4.37. The van der Waals surface area contributed by atoms with Crippen molar-refractivity contribution in [1.82, 2.24) is 20.5 Å². The van der Waals surface area contributed by atoms with Crippen LogP contribution < -0.4 is 5.32 Å². The summed E-state index contributed by atoms with van der Waals surface area (Å²) in [5.74, 6) is -0.179. The summed E-state index contributed by atoms with van der Waals surface area (Å²) < 4.78 is 0. The number of rotatable bonds is 3. The van der Waals surface area contributed by atoms with Gasteiger partial charge in [-0.15, -0.1) is 0 Å². The van der Waals surface area contributed by atoms with E-state index in [9.17, 15) is 4.79 Å². The van der Waals surface area contributed by atoms with Gasteiger partial charge >= 0.3 is 0 Å². The molecule has 1 aromatic carbocycles. The highest BCUT2D eigenvalue weighted by Crippen LogP contribution is 2.14. The molecule has 90 valence electrons. The maximum Gasteiger partial charge on any atom is 0.272 e. The van der Waals surface area contributed by atoms with E-state index in [4.69, 9.17) is 0 Å². The third-order valence-corrected chi connectivity index (χ3v) is 2.79. The molecule has 18 heavy (non-hydrogen) atoms. The number of amides is 1. The van der Waals surface area contributed by atoms with Crippen molar-refractivity contribution in [3.8, 4) is 0 Å². The first-order valence-electron chi connectivity index (χ1n) is 5.68. The first kappa shape index (κ1) is 10.6. The summed E-state index contributed by atoms with van der Waals surface area (Å²) in [5, 5.41) is 10.6. The van der Waals surface area contributed by atoms with Crippen molar-refractivity contribution < 1.29 is 4.79 Å². The van der Waals surface area contributed by atoms with Gasteiger partial charge in [0.1, 0.15) is 0 Å². The van der Waals surface area contributed by atoms with E-state index in [-0.39, 0.29) is 5.91 Å². The Morgan fingerprint density at radius 2 is 2.11 bits per heavy atom. The van der Waals surface area contributed by atoms with Crippen molar-refractivity contribution in [2.75, 3.05) is 0 Å². The fourth-order valence-corrected chi connectivity index (χ4v) is 1.87. The number of nitrogens with zero attached hydrogens (tertiary/aromatic N) is 1. The number of para-hydroxylation sites is 1. The van der Waals surface area contributed by atoms with Crippen LogP contribution in [0, 0.1) is 0 Å². The molecule has 2 heterocycles. The third kappa shape index (κ3) is 1.86. The summed E-state index contributed by atoms with van der Waals surface area (Å²) in [6.45, 7) is 0.465. The van der Waals surface area contributed by atoms with E-state index in [0.717, 1.165) is 16.6 Å². The Morgan fingerprint density at radius 1 is 1.22 bits per heavy atom. The predicted molar refractivity (Wildman–Crippen MR) is 68.1 cm³/mol. The molecule has 0 radical (unpaired) electrons. The van der Waals surface area contributed by atoms with Gasteiger partial charge in [-0.3, -0.25) is 9.89 Å². The normalized spacial score (nSPS) is 10.7. The molecule has 0 spiro atoms. The number of aromatic amines is 2. The maximum atomic E-state index is 12.0. The van der Waals surface area contributed by atoms with E-state index in [0.29, 0.717) is 12.2 Å². The zero-order valence-electron chi connectivity index (χ0n) is 9.60. The Bertz CT molecular complexity index is 669. The lowest BCUT2D eigenvalue weighted by molar-refractivity contribution is 0.0947. The highest BCUT2D eigenvalue weighted by Gasteiger charge is 2.13. The molecule has 0 bridgehead atoms. The average Bonchev–Trinajstić information content (AvgIpc) is 3.05. The smallest absolute Gasteiger partial charge is 0.272 e. The van der Waals surface area contributed by atoms with Crippen LogP contribution in [0.25, 0.3) is 10.9 Å². The lowest BCUT2D eigenvalue weighted by Crippen LogP contribution is -2.23. The Morgan fingerprint density at radius 3 is 2.94 bits per heavy atom. The number of carbonyl (C=O) groups excluding carboxylic acids is 1. The van der Waals surface area contributed by atoms with Gasteiger partial charge in [0.25, 0.3) is 5.91 Å². The summed E-state index contributed by atoms with van der Waals surface area (Å²) >= 11 is 0. The molecule has 0 aliphatic rings. The van der Waals surface area contributed by atoms with Crippen molar-refractivity contribution in [1.29, 1.82) is 0 Å². The van der Waals surface area contributed by atoms with Crippen LogP contribution >= 0.6 is 0 Å². The highest BCUT2D eigenvalue weighted by atomic mass is 16.1. The molecule has 0 unspecified atom stereocenters. The molecule has 0 fully saturated rings. The molecule has 0 aliphatic heterocycles. The lowest BCUT2D eigenvalue weighted by Gasteiger charge is -2.01. The van der Waals surface area contributed by atoms with Crippen LogP contribution in [-0.4, -0.2) is 21.1 Å². The number of carbonyl (C=O) groups is 1. The lowest BCUT2D eigenvalue weighted by atomic mass is 10.2. The Hall–Kier alpha value is -2.56. The zero-order chi connectivity index (χ0) is 12.4. The summed E-state index contributed by atoms with van der Waals surface area (Å²) in [5.41, 5.74) is 2.25. The molecular formula is C13H12N4O.